The lowest BCUT2D eigenvalue weighted by atomic mass is 9.55. The molecule has 0 aromatic rings. The Morgan fingerprint density at radius 1 is 1.24 bits per heavy atom. The summed E-state index contributed by atoms with van der Waals surface area (Å²) in [5.41, 5.74) is 0.634. The summed E-state index contributed by atoms with van der Waals surface area (Å²) in [6.07, 6.45) is 7.28. The van der Waals surface area contributed by atoms with Gasteiger partial charge in [0.15, 0.2) is 0 Å². The van der Waals surface area contributed by atoms with Gasteiger partial charge in [0, 0.05) is 5.92 Å². The average molecular weight is 234 g/mol. The fourth-order valence-corrected chi connectivity index (χ4v) is 5.66. The van der Waals surface area contributed by atoms with Gasteiger partial charge in [-0.1, -0.05) is 13.8 Å². The van der Waals surface area contributed by atoms with Crippen LogP contribution in [0.2, 0.25) is 0 Å². The van der Waals surface area contributed by atoms with Gasteiger partial charge in [0.2, 0.25) is 0 Å². The van der Waals surface area contributed by atoms with Crippen molar-refractivity contribution in [1.29, 1.82) is 0 Å². The van der Waals surface area contributed by atoms with Gasteiger partial charge in [-0.2, -0.15) is 0 Å². The number of hydrogen-bond donors (Lipinski definition) is 0. The summed E-state index contributed by atoms with van der Waals surface area (Å²) in [5, 5.41) is 0. The van der Waals surface area contributed by atoms with Crippen molar-refractivity contribution in [2.75, 3.05) is 0 Å². The Morgan fingerprint density at radius 3 is 2.82 bits per heavy atom. The van der Waals surface area contributed by atoms with E-state index in [0.29, 0.717) is 11.3 Å². The number of esters is 1. The Labute approximate surface area is 103 Å². The molecular formula is C15H22O2. The summed E-state index contributed by atoms with van der Waals surface area (Å²) in [6, 6.07) is 0. The van der Waals surface area contributed by atoms with Gasteiger partial charge >= 0.3 is 5.97 Å². The van der Waals surface area contributed by atoms with Gasteiger partial charge in [-0.15, -0.1) is 0 Å². The number of hydrogen-bond acceptors (Lipinski definition) is 2. The van der Waals surface area contributed by atoms with E-state index < -0.39 is 0 Å². The van der Waals surface area contributed by atoms with Gasteiger partial charge in [-0.25, -0.2) is 0 Å². The lowest BCUT2D eigenvalue weighted by Gasteiger charge is -2.50. The first-order chi connectivity index (χ1) is 8.10. The standard InChI is InChI=1S/C15H22O2/c1-8(2)14(16)17-13-10-3-9-4-11-5-12(13)15(11,6-9)7-10/h8-13H,3-7H2,1-2H3. The molecule has 1 spiro atoms. The fourth-order valence-electron chi connectivity index (χ4n) is 5.66. The molecule has 0 aromatic carbocycles. The topological polar surface area (TPSA) is 26.3 Å². The minimum absolute atomic E-state index is 0.0262. The van der Waals surface area contributed by atoms with Gasteiger partial charge in [-0.3, -0.25) is 4.79 Å². The maximum absolute atomic E-state index is 11.8. The second-order valence-electron chi connectivity index (χ2n) is 7.33. The highest BCUT2D eigenvalue weighted by atomic mass is 16.5. The van der Waals surface area contributed by atoms with Gasteiger partial charge in [0.05, 0.1) is 5.92 Å². The summed E-state index contributed by atoms with van der Waals surface area (Å²) in [5.74, 6) is 3.44. The third-order valence-corrected chi connectivity index (χ3v) is 6.24. The molecule has 0 radical (unpaired) electrons. The third-order valence-electron chi connectivity index (χ3n) is 6.24. The Balaban J connectivity index is 1.58. The van der Waals surface area contributed by atoms with Gasteiger partial charge in [-0.05, 0) is 55.3 Å². The quantitative estimate of drug-likeness (QED) is 0.686. The maximum atomic E-state index is 11.8. The third kappa shape index (κ3) is 1.15. The summed E-state index contributed by atoms with van der Waals surface area (Å²) in [7, 11) is 0. The smallest absolute Gasteiger partial charge is 0.308 e. The van der Waals surface area contributed by atoms with E-state index in [4.69, 9.17) is 4.74 Å². The molecule has 0 saturated heterocycles. The first kappa shape index (κ1) is 10.4. The largest absolute Gasteiger partial charge is 0.462 e. The predicted molar refractivity (Wildman–Crippen MR) is 64.2 cm³/mol. The second-order valence-corrected chi connectivity index (χ2v) is 7.33. The van der Waals surface area contributed by atoms with Crippen molar-refractivity contribution in [3.05, 3.63) is 0 Å². The molecule has 3 bridgehead atoms. The van der Waals surface area contributed by atoms with Crippen molar-refractivity contribution < 1.29 is 9.53 Å². The SMILES string of the molecule is CC(C)C(=O)OC1C2CC3CC4CC1C4(C3)C2. The molecule has 0 aromatic heterocycles. The Morgan fingerprint density at radius 2 is 2.06 bits per heavy atom. The van der Waals surface area contributed by atoms with E-state index in [1.54, 1.807) is 0 Å². The zero-order chi connectivity index (χ0) is 11.8. The molecule has 4 fully saturated rings. The highest BCUT2D eigenvalue weighted by molar-refractivity contribution is 5.71. The van der Waals surface area contributed by atoms with Gasteiger partial charge < -0.3 is 4.74 Å². The number of fused-ring (bicyclic) bond motifs is 2. The summed E-state index contributed by atoms with van der Waals surface area (Å²) in [4.78, 5) is 11.8. The molecule has 17 heavy (non-hydrogen) atoms. The molecule has 6 unspecified atom stereocenters. The fraction of sp³-hybridized carbons (Fsp3) is 0.933. The van der Waals surface area contributed by atoms with Crippen molar-refractivity contribution >= 4 is 5.97 Å². The van der Waals surface area contributed by atoms with Crippen molar-refractivity contribution in [3.8, 4) is 0 Å². The average Bonchev–Trinajstić information content (AvgIpc) is 2.56. The molecule has 0 aliphatic heterocycles. The van der Waals surface area contributed by atoms with Crippen LogP contribution in [0.25, 0.3) is 0 Å². The summed E-state index contributed by atoms with van der Waals surface area (Å²) >= 11 is 0. The Hall–Kier alpha value is -0.530. The Bertz CT molecular complexity index is 375. The van der Waals surface area contributed by atoms with Crippen LogP contribution in [-0.2, 0) is 9.53 Å². The molecule has 4 aliphatic carbocycles. The molecule has 4 rings (SSSR count). The van der Waals surface area contributed by atoms with Crippen LogP contribution in [0.4, 0.5) is 0 Å². The monoisotopic (exact) mass is 234 g/mol. The molecule has 0 heterocycles. The first-order valence-corrected chi connectivity index (χ1v) is 7.30. The van der Waals surface area contributed by atoms with Crippen LogP contribution in [0.5, 0.6) is 0 Å². The molecule has 0 N–H and O–H groups in total. The Kier molecular flexibility index (Phi) is 1.88. The van der Waals surface area contributed by atoms with Crippen LogP contribution in [0.1, 0.15) is 46.0 Å². The summed E-state index contributed by atoms with van der Waals surface area (Å²) in [6.45, 7) is 3.88. The van der Waals surface area contributed by atoms with Crippen LogP contribution in [0, 0.1) is 35.0 Å². The first-order valence-electron chi connectivity index (χ1n) is 7.30. The van der Waals surface area contributed by atoms with Crippen molar-refractivity contribution in [3.63, 3.8) is 0 Å². The van der Waals surface area contributed by atoms with E-state index in [1.807, 2.05) is 13.8 Å². The molecule has 94 valence electrons. The van der Waals surface area contributed by atoms with Crippen molar-refractivity contribution in [1.82, 2.24) is 0 Å². The molecule has 4 aliphatic rings. The van der Waals surface area contributed by atoms with Gasteiger partial charge in [0.1, 0.15) is 6.10 Å². The molecule has 2 nitrogen and oxygen atoms in total. The van der Waals surface area contributed by atoms with Crippen LogP contribution in [0.15, 0.2) is 0 Å². The van der Waals surface area contributed by atoms with Crippen molar-refractivity contribution in [2.45, 2.75) is 52.1 Å². The van der Waals surface area contributed by atoms with E-state index in [0.717, 1.165) is 17.8 Å². The molecular weight excluding hydrogens is 212 g/mol. The molecule has 2 heteroatoms. The highest BCUT2D eigenvalue weighted by Gasteiger charge is 2.71. The van der Waals surface area contributed by atoms with E-state index in [9.17, 15) is 4.79 Å². The van der Waals surface area contributed by atoms with E-state index in [1.165, 1.54) is 32.1 Å². The number of ether oxygens (including phenoxy) is 1. The zero-order valence-corrected chi connectivity index (χ0v) is 10.8. The zero-order valence-electron chi connectivity index (χ0n) is 10.8. The van der Waals surface area contributed by atoms with E-state index in [2.05, 4.69) is 0 Å². The maximum Gasteiger partial charge on any atom is 0.308 e. The minimum atomic E-state index is 0.0262. The van der Waals surface area contributed by atoms with E-state index in [-0.39, 0.29) is 18.0 Å². The minimum Gasteiger partial charge on any atom is -0.462 e. The lowest BCUT2D eigenvalue weighted by molar-refractivity contribution is -0.162. The van der Waals surface area contributed by atoms with Crippen LogP contribution < -0.4 is 0 Å². The predicted octanol–water partition coefficient (Wildman–Crippen LogP) is 3.01. The number of rotatable bonds is 2. The number of carbonyl (C=O) groups is 1. The normalized spacial score (nSPS) is 53.7. The van der Waals surface area contributed by atoms with Crippen LogP contribution in [0.3, 0.4) is 0 Å². The van der Waals surface area contributed by atoms with Crippen LogP contribution >= 0.6 is 0 Å². The van der Waals surface area contributed by atoms with Gasteiger partial charge in [0.25, 0.3) is 0 Å². The van der Waals surface area contributed by atoms with Crippen molar-refractivity contribution in [2.24, 2.45) is 35.0 Å². The summed E-state index contributed by atoms with van der Waals surface area (Å²) < 4.78 is 5.85. The second kappa shape index (κ2) is 3.07. The van der Waals surface area contributed by atoms with Crippen LogP contribution in [-0.4, -0.2) is 12.1 Å². The highest BCUT2D eigenvalue weighted by Crippen LogP contribution is 2.75. The molecule has 4 saturated carbocycles. The number of carbonyl (C=O) groups excluding carboxylic acids is 1. The van der Waals surface area contributed by atoms with E-state index >= 15 is 0 Å². The lowest BCUT2D eigenvalue weighted by Crippen LogP contribution is -2.46. The molecule has 6 atom stereocenters. The molecule has 0 amide bonds.